The SMILES string of the molecule is CC(Sc1nnc(-c2cccnc2)n1Cc1ccco1)C(=O)Nc1ccc(C(F)(F)F)cc1. The van der Waals surface area contributed by atoms with Crippen LogP contribution in [0.5, 0.6) is 0 Å². The van der Waals surface area contributed by atoms with Gasteiger partial charge in [0.05, 0.1) is 23.6 Å². The molecule has 170 valence electrons. The Bertz CT molecular complexity index is 1210. The van der Waals surface area contributed by atoms with Crippen LogP contribution in [0.25, 0.3) is 11.4 Å². The predicted octanol–water partition coefficient (Wildman–Crippen LogP) is 5.12. The van der Waals surface area contributed by atoms with Crippen LogP contribution in [-0.4, -0.2) is 30.9 Å². The molecule has 3 aromatic heterocycles. The van der Waals surface area contributed by atoms with E-state index in [0.717, 1.165) is 17.7 Å². The summed E-state index contributed by atoms with van der Waals surface area (Å²) in [6, 6.07) is 11.5. The van der Waals surface area contributed by atoms with Crippen molar-refractivity contribution < 1.29 is 22.4 Å². The van der Waals surface area contributed by atoms with Crippen LogP contribution in [0.15, 0.2) is 76.8 Å². The first-order valence-corrected chi connectivity index (χ1v) is 10.7. The molecule has 4 rings (SSSR count). The second-order valence-corrected chi connectivity index (χ2v) is 8.35. The van der Waals surface area contributed by atoms with Gasteiger partial charge in [-0.3, -0.25) is 14.3 Å². The van der Waals surface area contributed by atoms with Gasteiger partial charge in [0.1, 0.15) is 5.76 Å². The summed E-state index contributed by atoms with van der Waals surface area (Å²) in [7, 11) is 0. The van der Waals surface area contributed by atoms with Crippen molar-refractivity contribution in [2.45, 2.75) is 30.1 Å². The maximum Gasteiger partial charge on any atom is 0.416 e. The molecule has 0 radical (unpaired) electrons. The van der Waals surface area contributed by atoms with Crippen molar-refractivity contribution in [2.24, 2.45) is 0 Å². The highest BCUT2D eigenvalue weighted by Crippen LogP contribution is 2.31. The Morgan fingerprint density at radius 1 is 1.15 bits per heavy atom. The summed E-state index contributed by atoms with van der Waals surface area (Å²) in [6.07, 6.45) is 0.448. The third-order valence-corrected chi connectivity index (χ3v) is 5.74. The van der Waals surface area contributed by atoms with Crippen molar-refractivity contribution in [1.82, 2.24) is 19.7 Å². The molecular formula is C22H18F3N5O2S. The summed E-state index contributed by atoms with van der Waals surface area (Å²) in [6.45, 7) is 2.03. The number of furan rings is 1. The van der Waals surface area contributed by atoms with Crippen molar-refractivity contribution in [3.8, 4) is 11.4 Å². The van der Waals surface area contributed by atoms with E-state index in [9.17, 15) is 18.0 Å². The molecule has 11 heteroatoms. The van der Waals surface area contributed by atoms with E-state index in [4.69, 9.17) is 4.42 Å². The van der Waals surface area contributed by atoms with E-state index in [1.54, 1.807) is 37.7 Å². The highest BCUT2D eigenvalue weighted by Gasteiger charge is 2.30. The minimum atomic E-state index is -4.43. The molecule has 0 bridgehead atoms. The standard InChI is InChI=1S/C22H18F3N5O2S/c1-14(20(31)27-17-8-6-16(7-9-17)22(23,24)25)33-21-29-28-19(15-4-2-10-26-12-15)30(21)13-18-5-3-11-32-18/h2-12,14H,13H2,1H3,(H,27,31). The van der Waals surface area contributed by atoms with Crippen LogP contribution in [-0.2, 0) is 17.5 Å². The number of hydrogen-bond donors (Lipinski definition) is 1. The van der Waals surface area contributed by atoms with Gasteiger partial charge in [0.15, 0.2) is 11.0 Å². The van der Waals surface area contributed by atoms with Crippen molar-refractivity contribution in [1.29, 1.82) is 0 Å². The Balaban J connectivity index is 1.51. The first kappa shape index (κ1) is 22.6. The van der Waals surface area contributed by atoms with Gasteiger partial charge in [0, 0.05) is 23.6 Å². The van der Waals surface area contributed by atoms with Gasteiger partial charge in [0.25, 0.3) is 0 Å². The summed E-state index contributed by atoms with van der Waals surface area (Å²) in [5, 5.41) is 11.0. The molecule has 0 aliphatic rings. The summed E-state index contributed by atoms with van der Waals surface area (Å²) in [5.41, 5.74) is 0.246. The van der Waals surface area contributed by atoms with E-state index in [0.29, 0.717) is 23.3 Å². The van der Waals surface area contributed by atoms with Crippen LogP contribution in [0, 0.1) is 0 Å². The lowest BCUT2D eigenvalue weighted by atomic mass is 10.2. The second-order valence-electron chi connectivity index (χ2n) is 7.04. The molecule has 0 spiro atoms. The van der Waals surface area contributed by atoms with Gasteiger partial charge >= 0.3 is 6.18 Å². The number of hydrogen-bond acceptors (Lipinski definition) is 6. The van der Waals surface area contributed by atoms with E-state index < -0.39 is 17.0 Å². The van der Waals surface area contributed by atoms with E-state index in [1.165, 1.54) is 23.9 Å². The Kier molecular flexibility index (Phi) is 6.50. The molecule has 0 saturated carbocycles. The zero-order valence-electron chi connectivity index (χ0n) is 17.3. The summed E-state index contributed by atoms with van der Waals surface area (Å²) >= 11 is 1.18. The lowest BCUT2D eigenvalue weighted by Crippen LogP contribution is -2.23. The topological polar surface area (TPSA) is 85.8 Å². The minimum absolute atomic E-state index is 0.272. The van der Waals surface area contributed by atoms with Gasteiger partial charge in [-0.2, -0.15) is 13.2 Å². The number of carbonyl (C=O) groups excluding carboxylic acids is 1. The number of carbonyl (C=O) groups is 1. The Morgan fingerprint density at radius 2 is 1.94 bits per heavy atom. The molecule has 0 aliphatic carbocycles. The van der Waals surface area contributed by atoms with E-state index >= 15 is 0 Å². The molecular weight excluding hydrogens is 455 g/mol. The van der Waals surface area contributed by atoms with E-state index in [1.807, 2.05) is 16.7 Å². The average molecular weight is 473 g/mol. The number of rotatable bonds is 7. The van der Waals surface area contributed by atoms with E-state index in [-0.39, 0.29) is 11.6 Å². The normalized spacial score (nSPS) is 12.5. The van der Waals surface area contributed by atoms with Crippen molar-refractivity contribution in [3.05, 3.63) is 78.5 Å². The Labute approximate surface area is 191 Å². The van der Waals surface area contributed by atoms with Crippen LogP contribution in [0.4, 0.5) is 18.9 Å². The lowest BCUT2D eigenvalue weighted by Gasteiger charge is -2.14. The largest absolute Gasteiger partial charge is 0.467 e. The van der Waals surface area contributed by atoms with Gasteiger partial charge in [-0.1, -0.05) is 11.8 Å². The second kappa shape index (κ2) is 9.49. The first-order valence-electron chi connectivity index (χ1n) is 9.82. The molecule has 7 nitrogen and oxygen atoms in total. The maximum absolute atomic E-state index is 12.7. The molecule has 4 aromatic rings. The number of aromatic nitrogens is 4. The molecule has 0 aliphatic heterocycles. The Hall–Kier alpha value is -3.60. The molecule has 33 heavy (non-hydrogen) atoms. The molecule has 1 N–H and O–H groups in total. The highest BCUT2D eigenvalue weighted by molar-refractivity contribution is 8.00. The van der Waals surface area contributed by atoms with Crippen molar-refractivity contribution >= 4 is 23.4 Å². The fourth-order valence-electron chi connectivity index (χ4n) is 2.98. The molecule has 1 unspecified atom stereocenters. The number of nitrogens with one attached hydrogen (secondary N) is 1. The smallest absolute Gasteiger partial charge is 0.416 e. The monoisotopic (exact) mass is 473 g/mol. The van der Waals surface area contributed by atoms with Crippen LogP contribution in [0.3, 0.4) is 0 Å². The highest BCUT2D eigenvalue weighted by atomic mass is 32.2. The van der Waals surface area contributed by atoms with Crippen molar-refractivity contribution in [3.63, 3.8) is 0 Å². The number of thioether (sulfide) groups is 1. The number of halogens is 3. The third kappa shape index (κ3) is 5.43. The molecule has 1 atom stereocenters. The fourth-order valence-corrected chi connectivity index (χ4v) is 3.83. The summed E-state index contributed by atoms with van der Waals surface area (Å²) in [4.78, 5) is 16.8. The number of pyridine rings is 1. The number of amides is 1. The van der Waals surface area contributed by atoms with Crippen LogP contribution < -0.4 is 5.32 Å². The first-order chi connectivity index (χ1) is 15.8. The molecule has 1 amide bonds. The lowest BCUT2D eigenvalue weighted by molar-refractivity contribution is -0.137. The number of alkyl halides is 3. The Morgan fingerprint density at radius 3 is 2.58 bits per heavy atom. The summed E-state index contributed by atoms with van der Waals surface area (Å²) in [5.74, 6) is 0.872. The van der Waals surface area contributed by atoms with Crippen LogP contribution in [0.2, 0.25) is 0 Å². The molecule has 0 fully saturated rings. The molecule has 3 heterocycles. The van der Waals surface area contributed by atoms with Gasteiger partial charge < -0.3 is 9.73 Å². The van der Waals surface area contributed by atoms with Crippen LogP contribution in [0.1, 0.15) is 18.2 Å². The van der Waals surface area contributed by atoms with E-state index in [2.05, 4.69) is 20.5 Å². The number of benzene rings is 1. The third-order valence-electron chi connectivity index (χ3n) is 4.66. The maximum atomic E-state index is 12.7. The van der Waals surface area contributed by atoms with Gasteiger partial charge in [-0.05, 0) is 55.5 Å². The molecule has 0 saturated heterocycles. The minimum Gasteiger partial charge on any atom is -0.467 e. The quantitative estimate of drug-likeness (QED) is 0.375. The fraction of sp³-hybridized carbons (Fsp3) is 0.182. The predicted molar refractivity (Wildman–Crippen MR) is 116 cm³/mol. The number of nitrogens with zero attached hydrogens (tertiary/aromatic N) is 4. The average Bonchev–Trinajstić information content (AvgIpc) is 3.45. The zero-order chi connectivity index (χ0) is 23.4. The number of anilines is 1. The molecule has 1 aromatic carbocycles. The van der Waals surface area contributed by atoms with Crippen LogP contribution >= 0.6 is 11.8 Å². The summed E-state index contributed by atoms with van der Waals surface area (Å²) < 4.78 is 45.5. The van der Waals surface area contributed by atoms with Gasteiger partial charge in [-0.15, -0.1) is 10.2 Å². The van der Waals surface area contributed by atoms with Gasteiger partial charge in [-0.25, -0.2) is 0 Å². The van der Waals surface area contributed by atoms with Crippen molar-refractivity contribution in [2.75, 3.05) is 5.32 Å². The van der Waals surface area contributed by atoms with Gasteiger partial charge in [0.2, 0.25) is 5.91 Å². The zero-order valence-corrected chi connectivity index (χ0v) is 18.1.